The molecule has 0 saturated carbocycles. The largest absolute Gasteiger partial charge is 0.480 e. The molecule has 1 fully saturated rings. The Morgan fingerprint density at radius 2 is 2.15 bits per heavy atom. The van der Waals surface area contributed by atoms with Gasteiger partial charge in [0, 0.05) is 11.9 Å². The second-order valence-electron chi connectivity index (χ2n) is 4.75. The molecule has 1 aliphatic rings. The summed E-state index contributed by atoms with van der Waals surface area (Å²) >= 11 is 3.29. The molecule has 1 heterocycles. The first-order valence-electron chi connectivity index (χ1n) is 6.36. The molecule has 0 spiro atoms. The first-order chi connectivity index (χ1) is 9.46. The van der Waals surface area contributed by atoms with Crippen molar-refractivity contribution in [3.63, 3.8) is 0 Å². The van der Waals surface area contributed by atoms with Gasteiger partial charge in [-0.25, -0.2) is 8.42 Å². The Hall–Kier alpha value is -0.920. The molecule has 20 heavy (non-hydrogen) atoms. The van der Waals surface area contributed by atoms with Crippen molar-refractivity contribution in [3.05, 3.63) is 29.8 Å². The van der Waals surface area contributed by atoms with Crippen molar-refractivity contribution in [1.29, 1.82) is 0 Å². The van der Waals surface area contributed by atoms with E-state index in [1.165, 1.54) is 6.07 Å². The summed E-state index contributed by atoms with van der Waals surface area (Å²) < 4.78 is 26.4. The molecule has 0 radical (unpaired) electrons. The van der Waals surface area contributed by atoms with Crippen LogP contribution < -0.4 is 0 Å². The van der Waals surface area contributed by atoms with Gasteiger partial charge in [-0.05, 0) is 37.0 Å². The monoisotopic (exact) mass is 361 g/mol. The van der Waals surface area contributed by atoms with E-state index in [-0.39, 0.29) is 11.4 Å². The minimum atomic E-state index is -3.76. The van der Waals surface area contributed by atoms with Crippen molar-refractivity contribution in [3.8, 4) is 0 Å². The summed E-state index contributed by atoms with van der Waals surface area (Å²) in [6.07, 6.45) is 1.80. The normalized spacial score (nSPS) is 20.8. The molecular weight excluding hydrogens is 346 g/mol. The molecule has 1 aliphatic heterocycles. The number of aliphatic carboxylic acids is 1. The minimum absolute atomic E-state index is 0.155. The summed E-state index contributed by atoms with van der Waals surface area (Å²) in [4.78, 5) is 11.4. The maximum atomic E-state index is 12.6. The zero-order chi connectivity index (χ0) is 14.8. The van der Waals surface area contributed by atoms with Gasteiger partial charge < -0.3 is 5.11 Å². The predicted octanol–water partition coefficient (Wildman–Crippen LogP) is 2.21. The van der Waals surface area contributed by atoms with E-state index in [1.807, 2.05) is 6.07 Å². The number of alkyl halides is 1. The van der Waals surface area contributed by atoms with Gasteiger partial charge in [-0.3, -0.25) is 4.79 Å². The fourth-order valence-corrected chi connectivity index (χ4v) is 4.43. The average molecular weight is 362 g/mol. The summed E-state index contributed by atoms with van der Waals surface area (Å²) in [5, 5.41) is 9.76. The van der Waals surface area contributed by atoms with Crippen molar-refractivity contribution < 1.29 is 18.3 Å². The van der Waals surface area contributed by atoms with Crippen LogP contribution in [0.3, 0.4) is 0 Å². The van der Waals surface area contributed by atoms with Gasteiger partial charge in [0.2, 0.25) is 10.0 Å². The Morgan fingerprint density at radius 1 is 1.40 bits per heavy atom. The Bertz CT molecular complexity index is 602. The quantitative estimate of drug-likeness (QED) is 0.834. The second-order valence-corrected chi connectivity index (χ2v) is 7.20. The molecule has 0 bridgehead atoms. The molecular formula is C13H16BrNO4S. The van der Waals surface area contributed by atoms with Crippen LogP contribution in [-0.2, 0) is 20.1 Å². The van der Waals surface area contributed by atoms with Crippen LogP contribution in [0.5, 0.6) is 0 Å². The SMILES string of the molecule is O=C(O)[C@H]1CCCCN1S(=O)(=O)c1cccc(CBr)c1. The van der Waals surface area contributed by atoms with Crippen LogP contribution >= 0.6 is 15.9 Å². The standard InChI is InChI=1S/C13H16BrNO4S/c14-9-10-4-3-5-11(8-10)20(18,19)15-7-2-1-6-12(15)13(16)17/h3-5,8,12H,1-2,6-7,9H2,(H,16,17)/t12-/m1/s1. The van der Waals surface area contributed by atoms with Crippen LogP contribution in [0.1, 0.15) is 24.8 Å². The molecule has 1 atom stereocenters. The van der Waals surface area contributed by atoms with Crippen LogP contribution in [-0.4, -0.2) is 36.4 Å². The highest BCUT2D eigenvalue weighted by Crippen LogP contribution is 2.26. The smallest absolute Gasteiger partial charge is 0.322 e. The minimum Gasteiger partial charge on any atom is -0.480 e. The van der Waals surface area contributed by atoms with Crippen LogP contribution in [0, 0.1) is 0 Å². The van der Waals surface area contributed by atoms with Gasteiger partial charge in [-0.15, -0.1) is 0 Å². The fraction of sp³-hybridized carbons (Fsp3) is 0.462. The molecule has 5 nitrogen and oxygen atoms in total. The summed E-state index contributed by atoms with van der Waals surface area (Å²) in [5.41, 5.74) is 0.843. The van der Waals surface area contributed by atoms with Gasteiger partial charge in [-0.1, -0.05) is 28.1 Å². The van der Waals surface area contributed by atoms with E-state index in [0.29, 0.717) is 18.2 Å². The molecule has 2 rings (SSSR count). The van der Waals surface area contributed by atoms with Crippen molar-refractivity contribution in [2.45, 2.75) is 35.5 Å². The van der Waals surface area contributed by atoms with Gasteiger partial charge in [0.05, 0.1) is 4.90 Å². The summed E-state index contributed by atoms with van der Waals surface area (Å²) in [7, 11) is -3.76. The van der Waals surface area contributed by atoms with Crippen LogP contribution in [0.2, 0.25) is 0 Å². The number of hydrogen-bond acceptors (Lipinski definition) is 3. The van der Waals surface area contributed by atoms with Gasteiger partial charge in [0.25, 0.3) is 0 Å². The highest BCUT2D eigenvalue weighted by molar-refractivity contribution is 9.08. The number of carboxylic acids is 1. The maximum Gasteiger partial charge on any atom is 0.322 e. The Kier molecular flexibility index (Phi) is 4.82. The lowest BCUT2D eigenvalue weighted by Gasteiger charge is -2.31. The third-order valence-electron chi connectivity index (χ3n) is 3.40. The Morgan fingerprint density at radius 3 is 2.80 bits per heavy atom. The van der Waals surface area contributed by atoms with Crippen LogP contribution in [0.4, 0.5) is 0 Å². The molecule has 1 aromatic carbocycles. The maximum absolute atomic E-state index is 12.6. The molecule has 1 N–H and O–H groups in total. The zero-order valence-corrected chi connectivity index (χ0v) is 13.2. The number of benzene rings is 1. The number of piperidine rings is 1. The summed E-state index contributed by atoms with van der Waals surface area (Å²) in [6, 6.07) is 5.62. The van der Waals surface area contributed by atoms with Crippen molar-refractivity contribution in [2.24, 2.45) is 0 Å². The molecule has 7 heteroatoms. The molecule has 0 aromatic heterocycles. The highest BCUT2D eigenvalue weighted by Gasteiger charge is 2.37. The van der Waals surface area contributed by atoms with Gasteiger partial charge in [-0.2, -0.15) is 4.31 Å². The summed E-state index contributed by atoms with van der Waals surface area (Å²) in [5.74, 6) is -1.08. The Labute approximate surface area is 126 Å². The van der Waals surface area contributed by atoms with E-state index in [4.69, 9.17) is 0 Å². The lowest BCUT2D eigenvalue weighted by atomic mass is 10.1. The first kappa shape index (κ1) is 15.5. The number of nitrogens with zero attached hydrogens (tertiary/aromatic N) is 1. The second kappa shape index (κ2) is 6.24. The van der Waals surface area contributed by atoms with Gasteiger partial charge in [0.15, 0.2) is 0 Å². The average Bonchev–Trinajstić information content (AvgIpc) is 2.47. The van der Waals surface area contributed by atoms with E-state index in [9.17, 15) is 18.3 Å². The highest BCUT2D eigenvalue weighted by atomic mass is 79.9. The van der Waals surface area contributed by atoms with Crippen LogP contribution in [0.15, 0.2) is 29.2 Å². The summed E-state index contributed by atoms with van der Waals surface area (Å²) in [6.45, 7) is 0.262. The van der Waals surface area contributed by atoms with E-state index in [0.717, 1.165) is 16.3 Å². The number of halogens is 1. The van der Waals surface area contributed by atoms with E-state index in [2.05, 4.69) is 15.9 Å². The van der Waals surface area contributed by atoms with Gasteiger partial charge in [0.1, 0.15) is 6.04 Å². The number of sulfonamides is 1. The van der Waals surface area contributed by atoms with Crippen molar-refractivity contribution in [1.82, 2.24) is 4.31 Å². The zero-order valence-electron chi connectivity index (χ0n) is 10.8. The first-order valence-corrected chi connectivity index (χ1v) is 8.92. The topological polar surface area (TPSA) is 74.7 Å². The molecule has 1 saturated heterocycles. The Balaban J connectivity index is 2.39. The lowest BCUT2D eigenvalue weighted by Crippen LogP contribution is -2.47. The van der Waals surface area contributed by atoms with Crippen LogP contribution in [0.25, 0.3) is 0 Å². The van der Waals surface area contributed by atoms with E-state index in [1.54, 1.807) is 12.1 Å². The molecule has 0 aliphatic carbocycles. The lowest BCUT2D eigenvalue weighted by molar-refractivity contribution is -0.142. The van der Waals surface area contributed by atoms with Gasteiger partial charge >= 0.3 is 5.97 Å². The molecule has 0 amide bonds. The van der Waals surface area contributed by atoms with E-state index >= 15 is 0 Å². The third-order valence-corrected chi connectivity index (χ3v) is 5.95. The molecule has 0 unspecified atom stereocenters. The predicted molar refractivity (Wildman–Crippen MR) is 78.2 cm³/mol. The van der Waals surface area contributed by atoms with Crippen molar-refractivity contribution >= 4 is 31.9 Å². The fourth-order valence-electron chi connectivity index (χ4n) is 2.36. The number of hydrogen-bond donors (Lipinski definition) is 1. The molecule has 110 valence electrons. The number of carboxylic acid groups (broad SMARTS) is 1. The van der Waals surface area contributed by atoms with E-state index < -0.39 is 22.0 Å². The molecule has 1 aromatic rings. The van der Waals surface area contributed by atoms with Crippen molar-refractivity contribution in [2.75, 3.05) is 6.54 Å². The third kappa shape index (κ3) is 3.05. The number of carbonyl (C=O) groups is 1. The number of rotatable bonds is 4.